The number of halogens is 1. The number of carbonyl (C=O) groups is 1. The molecule has 8 heteroatoms. The summed E-state index contributed by atoms with van der Waals surface area (Å²) < 4.78 is 4.83. The highest BCUT2D eigenvalue weighted by atomic mass is 35.5. The lowest BCUT2D eigenvalue weighted by Gasteiger charge is -2.18. The summed E-state index contributed by atoms with van der Waals surface area (Å²) >= 11 is 5.98. The van der Waals surface area contributed by atoms with Crippen molar-refractivity contribution in [3.8, 4) is 6.01 Å². The summed E-state index contributed by atoms with van der Waals surface area (Å²) in [5, 5.41) is 9.15. The van der Waals surface area contributed by atoms with Gasteiger partial charge in [0.15, 0.2) is 0 Å². The molecule has 0 aliphatic rings. The van der Waals surface area contributed by atoms with Crippen molar-refractivity contribution in [3.63, 3.8) is 0 Å². The molecule has 1 amide bonds. The van der Waals surface area contributed by atoms with Crippen LogP contribution in [0.25, 0.3) is 0 Å². The van der Waals surface area contributed by atoms with E-state index in [0.29, 0.717) is 5.56 Å². The third kappa shape index (κ3) is 3.69. The number of H-pyrrole nitrogens is 1. The Hall–Kier alpha value is -2.15. The van der Waals surface area contributed by atoms with Crippen LogP contribution >= 0.6 is 11.6 Å². The van der Waals surface area contributed by atoms with Gasteiger partial charge in [-0.3, -0.25) is 10.1 Å². The molecule has 0 aliphatic heterocycles. The number of nitrogens with zero attached hydrogens (tertiary/aromatic N) is 3. The fourth-order valence-corrected chi connectivity index (χ4v) is 1.79. The Morgan fingerprint density at radius 1 is 1.33 bits per heavy atom. The standard InChI is InChI=1S/C13H16ClN5O2/c1-13(2,3)8-5-7(6-9(14)15-8)10(20)16-11-17-12(21-4)19-18-11/h5-6H,1-4H3,(H2,16,17,18,19,20). The second-order valence-corrected chi connectivity index (χ2v) is 5.83. The third-order valence-electron chi connectivity index (χ3n) is 2.70. The van der Waals surface area contributed by atoms with Crippen LogP contribution in [0.3, 0.4) is 0 Å². The van der Waals surface area contributed by atoms with E-state index in [2.05, 4.69) is 25.5 Å². The Balaban J connectivity index is 2.24. The van der Waals surface area contributed by atoms with Gasteiger partial charge >= 0.3 is 6.01 Å². The molecule has 0 aliphatic carbocycles. The third-order valence-corrected chi connectivity index (χ3v) is 2.90. The summed E-state index contributed by atoms with van der Waals surface area (Å²) in [6.07, 6.45) is 0. The molecule has 2 aromatic rings. The van der Waals surface area contributed by atoms with Gasteiger partial charge in [-0.15, -0.1) is 5.10 Å². The van der Waals surface area contributed by atoms with Crippen LogP contribution in [0.15, 0.2) is 12.1 Å². The molecular weight excluding hydrogens is 294 g/mol. The number of nitrogens with one attached hydrogen (secondary N) is 2. The number of rotatable bonds is 3. The smallest absolute Gasteiger partial charge is 0.336 e. The zero-order valence-electron chi connectivity index (χ0n) is 12.2. The number of aromatic amines is 1. The molecule has 0 radical (unpaired) electrons. The van der Waals surface area contributed by atoms with Crippen molar-refractivity contribution in [2.75, 3.05) is 12.4 Å². The lowest BCUT2D eigenvalue weighted by molar-refractivity contribution is 0.102. The fraction of sp³-hybridized carbons (Fsp3) is 0.385. The number of hydrogen-bond donors (Lipinski definition) is 2. The van der Waals surface area contributed by atoms with Gasteiger partial charge in [-0.05, 0) is 12.1 Å². The van der Waals surface area contributed by atoms with Crippen LogP contribution in [-0.2, 0) is 5.41 Å². The number of amides is 1. The molecule has 2 rings (SSSR count). The van der Waals surface area contributed by atoms with Gasteiger partial charge in [0.25, 0.3) is 5.91 Å². The van der Waals surface area contributed by atoms with Crippen LogP contribution < -0.4 is 10.1 Å². The lowest BCUT2D eigenvalue weighted by atomic mass is 9.91. The molecule has 2 aromatic heterocycles. The van der Waals surface area contributed by atoms with Gasteiger partial charge in [0.05, 0.1) is 7.11 Å². The van der Waals surface area contributed by atoms with Gasteiger partial charge in [-0.1, -0.05) is 32.4 Å². The zero-order chi connectivity index (χ0) is 15.6. The minimum absolute atomic E-state index is 0.147. The van der Waals surface area contributed by atoms with Crippen molar-refractivity contribution in [2.45, 2.75) is 26.2 Å². The van der Waals surface area contributed by atoms with E-state index >= 15 is 0 Å². The second kappa shape index (κ2) is 5.69. The second-order valence-electron chi connectivity index (χ2n) is 5.44. The van der Waals surface area contributed by atoms with Gasteiger partial charge < -0.3 is 4.74 Å². The average molecular weight is 310 g/mol. The Bertz CT molecular complexity index is 663. The van der Waals surface area contributed by atoms with Gasteiger partial charge in [0.2, 0.25) is 5.95 Å². The van der Waals surface area contributed by atoms with E-state index in [-0.39, 0.29) is 28.4 Å². The molecule has 2 heterocycles. The van der Waals surface area contributed by atoms with E-state index in [4.69, 9.17) is 16.3 Å². The molecule has 0 saturated heterocycles. The molecule has 0 saturated carbocycles. The van der Waals surface area contributed by atoms with Crippen molar-refractivity contribution < 1.29 is 9.53 Å². The highest BCUT2D eigenvalue weighted by Gasteiger charge is 2.19. The van der Waals surface area contributed by atoms with Crippen molar-refractivity contribution in [3.05, 3.63) is 28.5 Å². The maximum Gasteiger partial charge on any atom is 0.336 e. The molecule has 112 valence electrons. The van der Waals surface area contributed by atoms with Crippen LogP contribution in [0.1, 0.15) is 36.8 Å². The predicted octanol–water partition coefficient (Wildman–Crippen LogP) is 2.41. The minimum Gasteiger partial charge on any atom is -0.466 e. The molecule has 0 fully saturated rings. The first kappa shape index (κ1) is 15.2. The zero-order valence-corrected chi connectivity index (χ0v) is 12.9. The minimum atomic E-state index is -0.358. The van der Waals surface area contributed by atoms with E-state index in [1.807, 2.05) is 20.8 Å². The monoisotopic (exact) mass is 309 g/mol. The molecule has 0 atom stereocenters. The topological polar surface area (TPSA) is 92.8 Å². The van der Waals surface area contributed by atoms with Gasteiger partial charge in [-0.2, -0.15) is 4.98 Å². The summed E-state index contributed by atoms with van der Waals surface area (Å²) in [7, 11) is 1.44. The summed E-state index contributed by atoms with van der Waals surface area (Å²) in [6.45, 7) is 5.98. The van der Waals surface area contributed by atoms with Crippen LogP contribution in [0, 0.1) is 0 Å². The summed E-state index contributed by atoms with van der Waals surface area (Å²) in [6, 6.07) is 3.35. The van der Waals surface area contributed by atoms with Gasteiger partial charge in [0.1, 0.15) is 5.15 Å². The highest BCUT2D eigenvalue weighted by molar-refractivity contribution is 6.29. The molecule has 0 bridgehead atoms. The molecule has 0 spiro atoms. The number of ether oxygens (including phenoxy) is 1. The van der Waals surface area contributed by atoms with E-state index < -0.39 is 0 Å². The maximum atomic E-state index is 12.2. The molecular formula is C13H16ClN5O2. The van der Waals surface area contributed by atoms with Crippen LogP contribution in [0.5, 0.6) is 6.01 Å². The van der Waals surface area contributed by atoms with Crippen molar-refractivity contribution in [1.82, 2.24) is 20.2 Å². The van der Waals surface area contributed by atoms with Crippen LogP contribution in [0.4, 0.5) is 5.95 Å². The SMILES string of the molecule is COc1n[nH]c(NC(=O)c2cc(Cl)nc(C(C)(C)C)c2)n1. The Morgan fingerprint density at radius 3 is 2.62 bits per heavy atom. The van der Waals surface area contributed by atoms with Gasteiger partial charge in [-0.25, -0.2) is 10.1 Å². The van der Waals surface area contributed by atoms with Gasteiger partial charge in [0, 0.05) is 16.7 Å². The first-order chi connectivity index (χ1) is 9.79. The van der Waals surface area contributed by atoms with E-state index in [0.717, 1.165) is 5.69 Å². The molecule has 21 heavy (non-hydrogen) atoms. The Morgan fingerprint density at radius 2 is 2.05 bits per heavy atom. The maximum absolute atomic E-state index is 12.2. The van der Waals surface area contributed by atoms with Crippen molar-refractivity contribution >= 4 is 23.5 Å². The van der Waals surface area contributed by atoms with Crippen LogP contribution in [-0.4, -0.2) is 33.2 Å². The first-order valence-electron chi connectivity index (χ1n) is 6.25. The summed E-state index contributed by atoms with van der Waals surface area (Å²) in [4.78, 5) is 20.4. The highest BCUT2D eigenvalue weighted by Crippen LogP contribution is 2.23. The Kier molecular flexibility index (Phi) is 4.13. The largest absolute Gasteiger partial charge is 0.466 e. The quantitative estimate of drug-likeness (QED) is 0.849. The number of carbonyl (C=O) groups excluding carboxylic acids is 1. The van der Waals surface area contributed by atoms with Crippen molar-refractivity contribution in [1.29, 1.82) is 0 Å². The Labute approximate surface area is 127 Å². The number of hydrogen-bond acceptors (Lipinski definition) is 5. The van der Waals surface area contributed by atoms with Crippen molar-refractivity contribution in [2.24, 2.45) is 0 Å². The average Bonchev–Trinajstić information content (AvgIpc) is 2.84. The number of pyridine rings is 1. The van der Waals surface area contributed by atoms with E-state index in [1.54, 1.807) is 6.07 Å². The predicted molar refractivity (Wildman–Crippen MR) is 78.8 cm³/mol. The number of methoxy groups -OCH3 is 1. The number of aromatic nitrogens is 4. The molecule has 0 aromatic carbocycles. The fourth-order valence-electron chi connectivity index (χ4n) is 1.59. The summed E-state index contributed by atoms with van der Waals surface area (Å²) in [5.74, 6) is -0.161. The molecule has 0 unspecified atom stereocenters. The van der Waals surface area contributed by atoms with Crippen LogP contribution in [0.2, 0.25) is 5.15 Å². The molecule has 7 nitrogen and oxygen atoms in total. The van der Waals surface area contributed by atoms with E-state index in [9.17, 15) is 4.79 Å². The van der Waals surface area contributed by atoms with E-state index in [1.165, 1.54) is 13.2 Å². The lowest BCUT2D eigenvalue weighted by Crippen LogP contribution is -2.18. The first-order valence-corrected chi connectivity index (χ1v) is 6.63. The molecule has 2 N–H and O–H groups in total. The normalized spacial score (nSPS) is 11.3. The number of anilines is 1. The summed E-state index contributed by atoms with van der Waals surface area (Å²) in [5.41, 5.74) is 0.917.